The van der Waals surface area contributed by atoms with Crippen molar-refractivity contribution in [2.75, 3.05) is 6.54 Å². The standard InChI is InChI=1S/C17H23NO2/c1-5-18-10-15-9-17(20-14(15)4)11-19-16-7-6-12(2)13(3)8-16/h6-9,18H,5,10-11H2,1-4H3. The molecule has 0 aliphatic carbocycles. The van der Waals surface area contributed by atoms with Gasteiger partial charge in [0.15, 0.2) is 0 Å². The summed E-state index contributed by atoms with van der Waals surface area (Å²) in [4.78, 5) is 0. The Bertz CT molecular complexity index is 572. The fourth-order valence-corrected chi connectivity index (χ4v) is 2.05. The van der Waals surface area contributed by atoms with Crippen molar-refractivity contribution in [3.05, 3.63) is 52.5 Å². The molecule has 20 heavy (non-hydrogen) atoms. The molecule has 3 nitrogen and oxygen atoms in total. The van der Waals surface area contributed by atoms with Crippen LogP contribution in [0.3, 0.4) is 0 Å². The summed E-state index contributed by atoms with van der Waals surface area (Å²) in [6.07, 6.45) is 0. The van der Waals surface area contributed by atoms with Gasteiger partial charge in [0.05, 0.1) is 0 Å². The average Bonchev–Trinajstić information content (AvgIpc) is 2.78. The lowest BCUT2D eigenvalue weighted by Crippen LogP contribution is -2.11. The van der Waals surface area contributed by atoms with E-state index in [1.165, 1.54) is 16.7 Å². The quantitative estimate of drug-likeness (QED) is 0.867. The molecule has 1 aromatic carbocycles. The third-order valence-electron chi connectivity index (χ3n) is 3.50. The molecule has 1 N–H and O–H groups in total. The summed E-state index contributed by atoms with van der Waals surface area (Å²) >= 11 is 0. The minimum atomic E-state index is 0.468. The van der Waals surface area contributed by atoms with Crippen molar-refractivity contribution >= 4 is 0 Å². The van der Waals surface area contributed by atoms with Crippen LogP contribution in [0.2, 0.25) is 0 Å². The highest BCUT2D eigenvalue weighted by Gasteiger charge is 2.07. The first-order valence-electron chi connectivity index (χ1n) is 7.09. The molecule has 0 aliphatic heterocycles. The number of aryl methyl sites for hydroxylation is 3. The van der Waals surface area contributed by atoms with Crippen LogP contribution in [-0.2, 0) is 13.2 Å². The van der Waals surface area contributed by atoms with E-state index in [-0.39, 0.29) is 0 Å². The molecule has 0 atom stereocenters. The molecular formula is C17H23NO2. The number of benzene rings is 1. The third kappa shape index (κ3) is 3.64. The van der Waals surface area contributed by atoms with Crippen molar-refractivity contribution in [1.29, 1.82) is 0 Å². The van der Waals surface area contributed by atoms with Crippen LogP contribution in [0, 0.1) is 20.8 Å². The molecule has 0 amide bonds. The molecule has 2 rings (SSSR count). The zero-order valence-corrected chi connectivity index (χ0v) is 12.7. The zero-order chi connectivity index (χ0) is 14.5. The summed E-state index contributed by atoms with van der Waals surface area (Å²) in [7, 11) is 0. The number of nitrogens with one attached hydrogen (secondary N) is 1. The highest BCUT2D eigenvalue weighted by molar-refractivity contribution is 5.34. The van der Waals surface area contributed by atoms with Crippen LogP contribution >= 0.6 is 0 Å². The lowest BCUT2D eigenvalue weighted by atomic mass is 10.1. The van der Waals surface area contributed by atoms with Gasteiger partial charge in [0, 0.05) is 12.1 Å². The monoisotopic (exact) mass is 273 g/mol. The topological polar surface area (TPSA) is 34.4 Å². The van der Waals surface area contributed by atoms with Crippen LogP contribution in [0.15, 0.2) is 28.7 Å². The van der Waals surface area contributed by atoms with Crippen molar-refractivity contribution in [3.8, 4) is 5.75 Å². The predicted octanol–water partition coefficient (Wildman–Crippen LogP) is 3.89. The highest BCUT2D eigenvalue weighted by atomic mass is 16.5. The molecule has 108 valence electrons. The van der Waals surface area contributed by atoms with Gasteiger partial charge in [0.25, 0.3) is 0 Å². The van der Waals surface area contributed by atoms with E-state index in [1.54, 1.807) is 0 Å². The van der Waals surface area contributed by atoms with E-state index in [4.69, 9.17) is 9.15 Å². The summed E-state index contributed by atoms with van der Waals surface area (Å²) in [6.45, 7) is 10.5. The Morgan fingerprint density at radius 3 is 2.60 bits per heavy atom. The van der Waals surface area contributed by atoms with Gasteiger partial charge < -0.3 is 14.5 Å². The number of furan rings is 1. The molecule has 3 heteroatoms. The average molecular weight is 273 g/mol. The predicted molar refractivity (Wildman–Crippen MR) is 81.1 cm³/mol. The van der Waals surface area contributed by atoms with E-state index in [9.17, 15) is 0 Å². The molecule has 0 bridgehead atoms. The van der Waals surface area contributed by atoms with Gasteiger partial charge in [-0.3, -0.25) is 0 Å². The summed E-state index contributed by atoms with van der Waals surface area (Å²) in [6, 6.07) is 8.20. The van der Waals surface area contributed by atoms with Crippen molar-refractivity contribution in [1.82, 2.24) is 5.32 Å². The van der Waals surface area contributed by atoms with E-state index in [0.717, 1.165) is 30.4 Å². The molecule has 0 fully saturated rings. The number of rotatable bonds is 6. The van der Waals surface area contributed by atoms with Crippen molar-refractivity contribution in [3.63, 3.8) is 0 Å². The molecule has 0 aliphatic rings. The van der Waals surface area contributed by atoms with Crippen LogP contribution < -0.4 is 10.1 Å². The fourth-order valence-electron chi connectivity index (χ4n) is 2.05. The Hall–Kier alpha value is -1.74. The van der Waals surface area contributed by atoms with Crippen LogP contribution in [0.4, 0.5) is 0 Å². The van der Waals surface area contributed by atoms with E-state index in [1.807, 2.05) is 13.0 Å². The lowest BCUT2D eigenvalue weighted by molar-refractivity contribution is 0.267. The minimum absolute atomic E-state index is 0.468. The van der Waals surface area contributed by atoms with E-state index in [2.05, 4.69) is 44.3 Å². The van der Waals surface area contributed by atoms with Gasteiger partial charge in [-0.25, -0.2) is 0 Å². The van der Waals surface area contributed by atoms with Gasteiger partial charge in [0.2, 0.25) is 0 Å². The Kier molecular flexibility index (Phi) is 4.85. The van der Waals surface area contributed by atoms with Gasteiger partial charge in [-0.2, -0.15) is 0 Å². The Balaban J connectivity index is 1.98. The van der Waals surface area contributed by atoms with Crippen LogP contribution in [-0.4, -0.2) is 6.54 Å². The molecule has 0 saturated carbocycles. The van der Waals surface area contributed by atoms with Crippen LogP contribution in [0.5, 0.6) is 5.75 Å². The first kappa shape index (κ1) is 14.7. The van der Waals surface area contributed by atoms with E-state index < -0.39 is 0 Å². The summed E-state index contributed by atoms with van der Waals surface area (Å²) < 4.78 is 11.5. The SMILES string of the molecule is CCNCc1cc(COc2ccc(C)c(C)c2)oc1C. The normalized spacial score (nSPS) is 10.8. The molecule has 0 unspecified atom stereocenters. The Morgan fingerprint density at radius 2 is 1.90 bits per heavy atom. The van der Waals surface area contributed by atoms with Gasteiger partial charge in [0.1, 0.15) is 23.9 Å². The zero-order valence-electron chi connectivity index (χ0n) is 12.7. The molecule has 2 aromatic rings. The molecule has 0 spiro atoms. The molecular weight excluding hydrogens is 250 g/mol. The summed E-state index contributed by atoms with van der Waals surface area (Å²) in [5.74, 6) is 2.72. The number of ether oxygens (including phenoxy) is 1. The van der Waals surface area contributed by atoms with Gasteiger partial charge >= 0.3 is 0 Å². The first-order valence-corrected chi connectivity index (χ1v) is 7.09. The maximum atomic E-state index is 5.79. The maximum absolute atomic E-state index is 5.79. The minimum Gasteiger partial charge on any atom is -0.486 e. The van der Waals surface area contributed by atoms with Crippen molar-refractivity contribution in [2.24, 2.45) is 0 Å². The smallest absolute Gasteiger partial charge is 0.146 e. The maximum Gasteiger partial charge on any atom is 0.146 e. The third-order valence-corrected chi connectivity index (χ3v) is 3.50. The second-order valence-electron chi connectivity index (χ2n) is 5.11. The lowest BCUT2D eigenvalue weighted by Gasteiger charge is -2.06. The van der Waals surface area contributed by atoms with Gasteiger partial charge in [-0.1, -0.05) is 13.0 Å². The molecule has 1 aromatic heterocycles. The fraction of sp³-hybridized carbons (Fsp3) is 0.412. The second-order valence-corrected chi connectivity index (χ2v) is 5.11. The van der Waals surface area contributed by atoms with Crippen molar-refractivity contribution in [2.45, 2.75) is 40.8 Å². The summed E-state index contributed by atoms with van der Waals surface area (Å²) in [5.41, 5.74) is 3.72. The second kappa shape index (κ2) is 6.62. The van der Waals surface area contributed by atoms with E-state index >= 15 is 0 Å². The number of hydrogen-bond acceptors (Lipinski definition) is 3. The molecule has 1 heterocycles. The molecule has 0 radical (unpaired) electrons. The number of hydrogen-bond donors (Lipinski definition) is 1. The van der Waals surface area contributed by atoms with Gasteiger partial charge in [-0.05, 0) is 56.6 Å². The van der Waals surface area contributed by atoms with E-state index in [0.29, 0.717) is 6.61 Å². The first-order chi connectivity index (χ1) is 9.60. The Morgan fingerprint density at radius 1 is 1.10 bits per heavy atom. The summed E-state index contributed by atoms with van der Waals surface area (Å²) in [5, 5.41) is 3.31. The Labute approximate surface area is 121 Å². The highest BCUT2D eigenvalue weighted by Crippen LogP contribution is 2.20. The van der Waals surface area contributed by atoms with Gasteiger partial charge in [-0.15, -0.1) is 0 Å². The van der Waals surface area contributed by atoms with Crippen LogP contribution in [0.25, 0.3) is 0 Å². The molecule has 0 saturated heterocycles. The van der Waals surface area contributed by atoms with Crippen molar-refractivity contribution < 1.29 is 9.15 Å². The van der Waals surface area contributed by atoms with Crippen LogP contribution in [0.1, 0.15) is 35.1 Å². The largest absolute Gasteiger partial charge is 0.486 e.